The highest BCUT2D eigenvalue weighted by Gasteiger charge is 2.21. The van der Waals surface area contributed by atoms with E-state index in [1.807, 2.05) is 13.1 Å². The summed E-state index contributed by atoms with van der Waals surface area (Å²) in [6, 6.07) is 10.4. The minimum atomic E-state index is 0. The number of hydrogen-bond donors (Lipinski definition) is 1. The predicted octanol–water partition coefficient (Wildman–Crippen LogP) is 2.55. The summed E-state index contributed by atoms with van der Waals surface area (Å²) in [4.78, 5) is 16.0. The maximum atomic E-state index is 4.60. The van der Waals surface area contributed by atoms with Crippen LogP contribution in [0.1, 0.15) is 12.7 Å². The van der Waals surface area contributed by atoms with Crippen molar-refractivity contribution >= 4 is 52.3 Å². The highest BCUT2D eigenvalue weighted by atomic mass is 127. The normalized spacial score (nSPS) is 14.6. The Labute approximate surface area is 189 Å². The number of hydrogen-bond acceptors (Lipinski definition) is 6. The maximum Gasteiger partial charge on any atom is 0.205 e. The molecule has 28 heavy (non-hydrogen) atoms. The number of para-hydroxylation sites is 1. The lowest BCUT2D eigenvalue weighted by atomic mass is 10.3. The van der Waals surface area contributed by atoms with Gasteiger partial charge in [0.2, 0.25) is 5.13 Å². The van der Waals surface area contributed by atoms with Crippen molar-refractivity contribution in [3.63, 3.8) is 0 Å². The third-order valence-corrected chi connectivity index (χ3v) is 5.58. The molecule has 7 nitrogen and oxygen atoms in total. The Bertz CT molecular complexity index is 729. The van der Waals surface area contributed by atoms with Crippen molar-refractivity contribution < 1.29 is 0 Å². The van der Waals surface area contributed by atoms with Crippen molar-refractivity contribution in [2.75, 3.05) is 63.2 Å². The Balaban J connectivity index is 0.00000280. The number of nitrogens with one attached hydrogen (secondary N) is 1. The predicted molar refractivity (Wildman–Crippen MR) is 130 cm³/mol. The molecule has 1 aromatic carbocycles. The van der Waals surface area contributed by atoms with Crippen molar-refractivity contribution in [3.8, 4) is 0 Å². The first kappa shape index (κ1) is 22.7. The van der Waals surface area contributed by atoms with Crippen LogP contribution < -0.4 is 15.1 Å². The van der Waals surface area contributed by atoms with E-state index < -0.39 is 0 Å². The first-order chi connectivity index (χ1) is 13.2. The number of aryl methyl sites for hydroxylation is 1. The molecule has 3 rings (SSSR count). The number of halogens is 1. The Morgan fingerprint density at radius 2 is 1.93 bits per heavy atom. The maximum absolute atomic E-state index is 4.60. The fourth-order valence-electron chi connectivity index (χ4n) is 3.11. The van der Waals surface area contributed by atoms with E-state index in [4.69, 9.17) is 0 Å². The summed E-state index contributed by atoms with van der Waals surface area (Å²) in [5.41, 5.74) is 1.23. The molecule has 0 radical (unpaired) electrons. The van der Waals surface area contributed by atoms with Gasteiger partial charge >= 0.3 is 0 Å². The molecule has 1 aromatic heterocycles. The van der Waals surface area contributed by atoms with Crippen LogP contribution in [0.15, 0.2) is 35.3 Å². The van der Waals surface area contributed by atoms with E-state index in [2.05, 4.69) is 72.6 Å². The number of guanidine groups is 1. The first-order valence-corrected chi connectivity index (χ1v) is 10.3. The van der Waals surface area contributed by atoms with Crippen LogP contribution >= 0.6 is 35.5 Å². The fraction of sp³-hybridized carbons (Fsp3) is 0.526. The van der Waals surface area contributed by atoms with Gasteiger partial charge in [0.25, 0.3) is 0 Å². The van der Waals surface area contributed by atoms with Crippen molar-refractivity contribution in [2.24, 2.45) is 4.99 Å². The van der Waals surface area contributed by atoms with Crippen LogP contribution in [0.25, 0.3) is 0 Å². The number of likely N-dealkylation sites (N-methyl/N-ethyl adjacent to an activating group) is 1. The van der Waals surface area contributed by atoms with Gasteiger partial charge in [-0.05, 0) is 12.1 Å². The zero-order valence-corrected chi connectivity index (χ0v) is 20.0. The molecule has 2 aromatic rings. The summed E-state index contributed by atoms with van der Waals surface area (Å²) >= 11 is 1.51. The van der Waals surface area contributed by atoms with Gasteiger partial charge in [0.1, 0.15) is 5.82 Å². The molecule has 0 spiro atoms. The highest BCUT2D eigenvalue weighted by molar-refractivity contribution is 14.0. The molecule has 1 fully saturated rings. The summed E-state index contributed by atoms with van der Waals surface area (Å²) < 4.78 is 4.40. The van der Waals surface area contributed by atoms with Crippen molar-refractivity contribution in [2.45, 2.75) is 13.3 Å². The van der Waals surface area contributed by atoms with Crippen LogP contribution in [0.5, 0.6) is 0 Å². The fourth-order valence-corrected chi connectivity index (χ4v) is 3.91. The molecule has 0 saturated carbocycles. The van der Waals surface area contributed by atoms with E-state index in [0.717, 1.165) is 62.6 Å². The Kier molecular flexibility index (Phi) is 9.23. The Morgan fingerprint density at radius 1 is 1.21 bits per heavy atom. The van der Waals surface area contributed by atoms with Gasteiger partial charge in [-0.25, -0.2) is 4.98 Å². The smallest absolute Gasteiger partial charge is 0.205 e. The first-order valence-electron chi connectivity index (χ1n) is 9.50. The molecule has 2 heterocycles. The quantitative estimate of drug-likeness (QED) is 0.363. The highest BCUT2D eigenvalue weighted by Crippen LogP contribution is 2.19. The molecule has 154 valence electrons. The van der Waals surface area contributed by atoms with Crippen molar-refractivity contribution in [1.29, 1.82) is 0 Å². The van der Waals surface area contributed by atoms with E-state index in [9.17, 15) is 0 Å². The lowest BCUT2D eigenvalue weighted by molar-refractivity contribution is 0.373. The zero-order chi connectivity index (χ0) is 19.1. The minimum Gasteiger partial charge on any atom is -0.373 e. The molecule has 9 heteroatoms. The molecule has 0 bridgehead atoms. The molecule has 1 saturated heterocycles. The average molecular weight is 515 g/mol. The van der Waals surface area contributed by atoms with E-state index in [-0.39, 0.29) is 24.0 Å². The topological polar surface area (TPSA) is 59.9 Å². The zero-order valence-electron chi connectivity index (χ0n) is 16.8. The SMILES string of the molecule is CCc1nsc(N2CCN(C(=NC)NCCN(C)c3ccccc3)CC2)n1.I. The van der Waals surface area contributed by atoms with E-state index >= 15 is 0 Å². The number of aromatic nitrogens is 2. The van der Waals surface area contributed by atoms with E-state index in [1.54, 1.807) is 0 Å². The second kappa shape index (κ2) is 11.4. The average Bonchev–Trinajstić information content (AvgIpc) is 3.21. The third-order valence-electron chi connectivity index (χ3n) is 4.76. The van der Waals surface area contributed by atoms with Crippen LogP contribution in [0.4, 0.5) is 10.8 Å². The van der Waals surface area contributed by atoms with E-state index in [0.29, 0.717) is 0 Å². The lowest BCUT2D eigenvalue weighted by Crippen LogP contribution is -2.53. The number of aliphatic imine (C=N–C) groups is 1. The van der Waals surface area contributed by atoms with Gasteiger partial charge < -0.3 is 20.0 Å². The van der Waals surface area contributed by atoms with Gasteiger partial charge in [-0.3, -0.25) is 4.99 Å². The number of piperazine rings is 1. The largest absolute Gasteiger partial charge is 0.373 e. The second-order valence-corrected chi connectivity index (χ2v) is 7.28. The summed E-state index contributed by atoms with van der Waals surface area (Å²) in [6.07, 6.45) is 0.893. The monoisotopic (exact) mass is 515 g/mol. The van der Waals surface area contributed by atoms with Gasteiger partial charge in [-0.1, -0.05) is 25.1 Å². The van der Waals surface area contributed by atoms with E-state index in [1.165, 1.54) is 17.2 Å². The van der Waals surface area contributed by atoms with Crippen LogP contribution in [0, 0.1) is 0 Å². The van der Waals surface area contributed by atoms with Crippen LogP contribution in [0.2, 0.25) is 0 Å². The number of benzene rings is 1. The molecule has 0 unspecified atom stereocenters. The molecule has 0 aliphatic carbocycles. The summed E-state index contributed by atoms with van der Waals surface area (Å²) in [5.74, 6) is 1.92. The second-order valence-electron chi connectivity index (χ2n) is 6.55. The van der Waals surface area contributed by atoms with Crippen molar-refractivity contribution in [3.05, 3.63) is 36.2 Å². The Morgan fingerprint density at radius 3 is 2.54 bits per heavy atom. The van der Waals surface area contributed by atoms with Crippen molar-refractivity contribution in [1.82, 2.24) is 19.6 Å². The van der Waals surface area contributed by atoms with Gasteiger partial charge in [-0.2, -0.15) is 4.37 Å². The van der Waals surface area contributed by atoms with Gasteiger partial charge in [0.15, 0.2) is 5.96 Å². The van der Waals surface area contributed by atoms with Gasteiger partial charge in [0.05, 0.1) is 0 Å². The number of anilines is 2. The third kappa shape index (κ3) is 5.94. The minimum absolute atomic E-state index is 0. The molecular formula is C19H30IN7S. The molecule has 0 amide bonds. The molecule has 1 aliphatic heterocycles. The molecule has 0 atom stereocenters. The van der Waals surface area contributed by atoms with Crippen LogP contribution in [0.3, 0.4) is 0 Å². The Hall–Kier alpha value is -1.62. The van der Waals surface area contributed by atoms with Gasteiger partial charge in [-0.15, -0.1) is 24.0 Å². The molecule has 1 aliphatic rings. The summed E-state index contributed by atoms with van der Waals surface area (Å²) in [7, 11) is 3.97. The molecule has 1 N–H and O–H groups in total. The molecular weight excluding hydrogens is 485 g/mol. The summed E-state index contributed by atoms with van der Waals surface area (Å²) in [6.45, 7) is 7.65. The number of rotatable bonds is 6. The lowest BCUT2D eigenvalue weighted by Gasteiger charge is -2.36. The summed E-state index contributed by atoms with van der Waals surface area (Å²) in [5, 5.41) is 4.54. The standard InChI is InChI=1S/C19H29N7S.HI/c1-4-17-22-19(27-23-17)26-14-12-25(13-15-26)18(20-2)21-10-11-24(3)16-8-6-5-7-9-16;/h5-9H,4,10-15H2,1-3H3,(H,20,21);1H. The van der Waals surface area contributed by atoms with Gasteiger partial charge in [0, 0.05) is 77.0 Å². The number of nitrogens with zero attached hydrogens (tertiary/aromatic N) is 6. The van der Waals surface area contributed by atoms with Crippen LogP contribution in [-0.4, -0.2) is 73.6 Å². The van der Waals surface area contributed by atoms with Crippen LogP contribution in [-0.2, 0) is 6.42 Å².